The first-order valence-electron chi connectivity index (χ1n) is 6.75. The number of aromatic carboxylic acids is 1. The maximum atomic E-state index is 11.4. The zero-order chi connectivity index (χ0) is 15.7. The molecule has 0 unspecified atom stereocenters. The van der Waals surface area contributed by atoms with Gasteiger partial charge in [0.25, 0.3) is 0 Å². The predicted octanol–water partition coefficient (Wildman–Crippen LogP) is 3.75. The van der Waals surface area contributed by atoms with Crippen LogP contribution in [0.3, 0.4) is 0 Å². The molecule has 0 aliphatic carbocycles. The van der Waals surface area contributed by atoms with Gasteiger partial charge in [0, 0.05) is 11.4 Å². The Morgan fingerprint density at radius 2 is 1.95 bits per heavy atom. The molecule has 1 aromatic carbocycles. The smallest absolute Gasteiger partial charge is 0.337 e. The van der Waals surface area contributed by atoms with Crippen molar-refractivity contribution in [1.82, 2.24) is 4.57 Å². The molecule has 22 heavy (non-hydrogen) atoms. The highest BCUT2D eigenvalue weighted by Crippen LogP contribution is 2.30. The van der Waals surface area contributed by atoms with Gasteiger partial charge in [-0.3, -0.25) is 0 Å². The van der Waals surface area contributed by atoms with Crippen LogP contribution in [0.5, 0.6) is 5.75 Å². The number of benzene rings is 1. The van der Waals surface area contributed by atoms with E-state index in [1.807, 2.05) is 28.8 Å². The Labute approximate surface area is 127 Å². The molecule has 1 N–H and O–H groups in total. The van der Waals surface area contributed by atoms with E-state index in [0.717, 1.165) is 11.4 Å². The molecular weight excluding hydrogens is 282 g/mol. The molecular formula is C17H15NO4. The van der Waals surface area contributed by atoms with E-state index < -0.39 is 5.97 Å². The van der Waals surface area contributed by atoms with Gasteiger partial charge in [0.1, 0.15) is 5.75 Å². The van der Waals surface area contributed by atoms with Crippen LogP contribution in [0, 0.1) is 6.92 Å². The Bertz CT molecular complexity index is 798. The van der Waals surface area contributed by atoms with Crippen LogP contribution in [0.15, 0.2) is 53.1 Å². The molecule has 0 saturated carbocycles. The van der Waals surface area contributed by atoms with Crippen LogP contribution in [-0.2, 0) is 0 Å². The van der Waals surface area contributed by atoms with Crippen molar-refractivity contribution in [1.29, 1.82) is 0 Å². The third-order valence-corrected chi connectivity index (χ3v) is 3.58. The van der Waals surface area contributed by atoms with E-state index in [4.69, 9.17) is 9.15 Å². The molecule has 2 heterocycles. The highest BCUT2D eigenvalue weighted by molar-refractivity contribution is 5.91. The lowest BCUT2D eigenvalue weighted by Crippen LogP contribution is -2.02. The van der Waals surface area contributed by atoms with Gasteiger partial charge < -0.3 is 18.8 Å². The lowest BCUT2D eigenvalue weighted by Gasteiger charge is -2.11. The van der Waals surface area contributed by atoms with E-state index in [2.05, 4.69) is 0 Å². The number of aromatic nitrogens is 1. The highest BCUT2D eigenvalue weighted by Gasteiger charge is 2.20. The minimum Gasteiger partial charge on any atom is -0.497 e. The topological polar surface area (TPSA) is 64.6 Å². The van der Waals surface area contributed by atoms with Gasteiger partial charge >= 0.3 is 5.97 Å². The fraction of sp³-hybridized carbons (Fsp3) is 0.118. The number of hydrogen-bond donors (Lipinski definition) is 1. The Balaban J connectivity index is 2.21. The lowest BCUT2D eigenvalue weighted by molar-refractivity contribution is 0.0696. The third-order valence-electron chi connectivity index (χ3n) is 3.58. The van der Waals surface area contributed by atoms with Gasteiger partial charge in [0.05, 0.1) is 24.6 Å². The number of nitrogens with zero attached hydrogens (tertiary/aromatic N) is 1. The normalized spacial score (nSPS) is 10.6. The summed E-state index contributed by atoms with van der Waals surface area (Å²) in [5.41, 5.74) is 2.44. The number of carboxylic acids is 1. The van der Waals surface area contributed by atoms with E-state index in [9.17, 15) is 9.90 Å². The molecule has 0 amide bonds. The summed E-state index contributed by atoms with van der Waals surface area (Å²) in [5, 5.41) is 9.37. The molecule has 0 aliphatic rings. The Kier molecular flexibility index (Phi) is 3.47. The zero-order valence-electron chi connectivity index (χ0n) is 12.2. The zero-order valence-corrected chi connectivity index (χ0v) is 12.2. The van der Waals surface area contributed by atoms with Crippen molar-refractivity contribution in [3.05, 3.63) is 60.0 Å². The SMILES string of the molecule is COc1ccc(-n2c(-c3ccco3)cc(C(=O)O)c2C)cc1. The fourth-order valence-corrected chi connectivity index (χ4v) is 2.49. The summed E-state index contributed by atoms with van der Waals surface area (Å²) in [4.78, 5) is 11.4. The average molecular weight is 297 g/mol. The minimum atomic E-state index is -0.961. The number of rotatable bonds is 4. The van der Waals surface area contributed by atoms with Gasteiger partial charge in [0.2, 0.25) is 0 Å². The van der Waals surface area contributed by atoms with Crippen LogP contribution in [0.2, 0.25) is 0 Å². The Morgan fingerprint density at radius 3 is 2.50 bits per heavy atom. The molecule has 3 aromatic rings. The molecule has 0 aliphatic heterocycles. The van der Waals surface area contributed by atoms with Crippen molar-refractivity contribution < 1.29 is 19.1 Å². The second kappa shape index (κ2) is 5.44. The summed E-state index contributed by atoms with van der Waals surface area (Å²) in [6.45, 7) is 1.78. The van der Waals surface area contributed by atoms with Gasteiger partial charge in [-0.05, 0) is 49.4 Å². The monoisotopic (exact) mass is 297 g/mol. The number of carbonyl (C=O) groups is 1. The lowest BCUT2D eigenvalue weighted by atomic mass is 10.2. The predicted molar refractivity (Wildman–Crippen MR) is 81.7 cm³/mol. The van der Waals surface area contributed by atoms with Crippen LogP contribution in [0.25, 0.3) is 17.1 Å². The highest BCUT2D eigenvalue weighted by atomic mass is 16.5. The second-order valence-corrected chi connectivity index (χ2v) is 4.84. The number of ether oxygens (including phenoxy) is 1. The van der Waals surface area contributed by atoms with Crippen molar-refractivity contribution in [2.75, 3.05) is 7.11 Å². The van der Waals surface area contributed by atoms with Crippen molar-refractivity contribution in [3.8, 4) is 22.9 Å². The number of carboxylic acid groups (broad SMARTS) is 1. The molecule has 112 valence electrons. The molecule has 5 nitrogen and oxygen atoms in total. The summed E-state index contributed by atoms with van der Waals surface area (Å²) < 4.78 is 12.5. The molecule has 2 aromatic heterocycles. The summed E-state index contributed by atoms with van der Waals surface area (Å²) in [5.74, 6) is 0.399. The van der Waals surface area contributed by atoms with E-state index in [0.29, 0.717) is 17.1 Å². The standard InChI is InChI=1S/C17H15NO4/c1-11-14(17(19)20)10-15(16-4-3-9-22-16)18(11)12-5-7-13(21-2)8-6-12/h3-10H,1-2H3,(H,19,20). The van der Waals surface area contributed by atoms with Crippen molar-refractivity contribution >= 4 is 5.97 Å². The molecule has 0 fully saturated rings. The van der Waals surface area contributed by atoms with Crippen molar-refractivity contribution in [3.63, 3.8) is 0 Å². The first-order chi connectivity index (χ1) is 10.6. The van der Waals surface area contributed by atoms with Crippen LogP contribution in [-0.4, -0.2) is 22.8 Å². The average Bonchev–Trinajstić information content (AvgIpc) is 3.14. The van der Waals surface area contributed by atoms with Gasteiger partial charge in [-0.2, -0.15) is 0 Å². The van der Waals surface area contributed by atoms with E-state index in [1.54, 1.807) is 38.5 Å². The minimum absolute atomic E-state index is 0.252. The number of hydrogen-bond acceptors (Lipinski definition) is 3. The molecule has 0 spiro atoms. The van der Waals surface area contributed by atoms with E-state index >= 15 is 0 Å². The fourth-order valence-electron chi connectivity index (χ4n) is 2.49. The molecule has 0 radical (unpaired) electrons. The first kappa shape index (κ1) is 14.0. The maximum absolute atomic E-state index is 11.4. The van der Waals surface area contributed by atoms with Crippen molar-refractivity contribution in [2.45, 2.75) is 6.92 Å². The second-order valence-electron chi connectivity index (χ2n) is 4.84. The molecule has 5 heteroatoms. The Morgan fingerprint density at radius 1 is 1.23 bits per heavy atom. The maximum Gasteiger partial charge on any atom is 0.337 e. The van der Waals surface area contributed by atoms with Crippen LogP contribution < -0.4 is 4.74 Å². The number of methoxy groups -OCH3 is 1. The van der Waals surface area contributed by atoms with E-state index in [-0.39, 0.29) is 5.56 Å². The van der Waals surface area contributed by atoms with Crippen LogP contribution in [0.4, 0.5) is 0 Å². The summed E-state index contributed by atoms with van der Waals surface area (Å²) in [6.07, 6.45) is 1.57. The van der Waals surface area contributed by atoms with Gasteiger partial charge in [0.15, 0.2) is 5.76 Å². The Hall–Kier alpha value is -2.95. The van der Waals surface area contributed by atoms with Crippen LogP contribution >= 0.6 is 0 Å². The summed E-state index contributed by atoms with van der Waals surface area (Å²) >= 11 is 0. The molecule has 3 rings (SSSR count). The van der Waals surface area contributed by atoms with Crippen molar-refractivity contribution in [2.24, 2.45) is 0 Å². The third kappa shape index (κ3) is 2.26. The summed E-state index contributed by atoms with van der Waals surface area (Å²) in [7, 11) is 1.60. The largest absolute Gasteiger partial charge is 0.497 e. The van der Waals surface area contributed by atoms with Gasteiger partial charge in [-0.25, -0.2) is 4.79 Å². The van der Waals surface area contributed by atoms with Gasteiger partial charge in [-0.15, -0.1) is 0 Å². The molecule has 0 saturated heterocycles. The van der Waals surface area contributed by atoms with Gasteiger partial charge in [-0.1, -0.05) is 0 Å². The quantitative estimate of drug-likeness (QED) is 0.796. The number of furan rings is 1. The summed E-state index contributed by atoms with van der Waals surface area (Å²) in [6, 6.07) is 12.6. The molecule has 0 bridgehead atoms. The van der Waals surface area contributed by atoms with Crippen LogP contribution in [0.1, 0.15) is 16.1 Å². The molecule has 0 atom stereocenters. The van der Waals surface area contributed by atoms with E-state index in [1.165, 1.54) is 0 Å². The first-order valence-corrected chi connectivity index (χ1v) is 6.75.